The molecule has 0 radical (unpaired) electrons. The van der Waals surface area contributed by atoms with Crippen molar-refractivity contribution in [1.82, 2.24) is 0 Å². The molecule has 0 amide bonds. The molecule has 0 heterocycles. The molecule has 0 bridgehead atoms. The number of rotatable bonds is 43. The van der Waals surface area contributed by atoms with Gasteiger partial charge in [-0.2, -0.15) is 0 Å². The maximum atomic E-state index is 12.8. The van der Waals surface area contributed by atoms with Crippen LogP contribution in [0.5, 0.6) is 0 Å². The van der Waals surface area contributed by atoms with Crippen LogP contribution in [-0.2, 0) is 27.9 Å². The van der Waals surface area contributed by atoms with E-state index in [1.807, 2.05) is 0 Å². The minimum atomic E-state index is -5.01. The van der Waals surface area contributed by atoms with Crippen LogP contribution in [0, 0.1) is 0 Å². The molecule has 0 saturated heterocycles. The predicted octanol–water partition coefficient (Wildman–Crippen LogP) is 10.5. The molecule has 1 aliphatic carbocycles. The second-order valence-electron chi connectivity index (χ2n) is 17.7. The lowest BCUT2D eigenvalue weighted by Crippen LogP contribution is -2.64. The Hall–Kier alpha value is -0.660. The summed E-state index contributed by atoms with van der Waals surface area (Å²) in [4.78, 5) is 23.2. The fourth-order valence-corrected chi connectivity index (χ4v) is 8.98. The average Bonchev–Trinajstić information content (AvgIpc) is 3.23. The van der Waals surface area contributed by atoms with Gasteiger partial charge in [-0.3, -0.25) is 13.8 Å². The zero-order valence-electron chi connectivity index (χ0n) is 38.3. The summed E-state index contributed by atoms with van der Waals surface area (Å²) in [6.45, 7) is 4.30. The highest BCUT2D eigenvalue weighted by molar-refractivity contribution is 7.47. The number of aliphatic hydroxyl groups is 5. The number of phosphoric ester groups is 1. The third-order valence-corrected chi connectivity index (χ3v) is 13.0. The van der Waals surface area contributed by atoms with Gasteiger partial charge in [0.1, 0.15) is 42.7 Å². The molecule has 0 aromatic carbocycles. The van der Waals surface area contributed by atoms with Gasteiger partial charge < -0.3 is 39.9 Å². The summed E-state index contributed by atoms with van der Waals surface area (Å²) in [6, 6.07) is 0. The van der Waals surface area contributed by atoms with Crippen molar-refractivity contribution < 1.29 is 58.3 Å². The van der Waals surface area contributed by atoms with Crippen LogP contribution in [0.4, 0.5) is 0 Å². The van der Waals surface area contributed by atoms with Crippen LogP contribution in [0.3, 0.4) is 0 Å². The van der Waals surface area contributed by atoms with Crippen LogP contribution in [0.25, 0.3) is 0 Å². The number of unbranched alkanes of at least 4 members (excludes halogenated alkanes) is 31. The van der Waals surface area contributed by atoms with Crippen LogP contribution < -0.4 is 0 Å². The Bertz CT molecular complexity index is 1000. The summed E-state index contributed by atoms with van der Waals surface area (Å²) in [6.07, 6.45) is 28.9. The molecule has 1 saturated carbocycles. The minimum absolute atomic E-state index is 0.0677. The van der Waals surface area contributed by atoms with Crippen LogP contribution in [-0.4, -0.2) is 98.9 Å². The third-order valence-electron chi connectivity index (χ3n) is 12.0. The van der Waals surface area contributed by atoms with E-state index in [-0.39, 0.29) is 13.0 Å². The SMILES string of the molecule is CCCCCCCCCCCCCCCCCCCCCCOCC(COP(=O)(O)OC1C(O)C(O)C(O)C(O)C1O)OC(=O)CCCCCCCCCCCCCCC. The van der Waals surface area contributed by atoms with Crippen molar-refractivity contribution in [1.29, 1.82) is 0 Å². The second-order valence-corrected chi connectivity index (χ2v) is 19.1. The van der Waals surface area contributed by atoms with Gasteiger partial charge in [-0.25, -0.2) is 4.57 Å². The molecule has 6 unspecified atom stereocenters. The first-order valence-corrected chi connectivity index (χ1v) is 26.4. The monoisotopic (exact) mass is 881 g/mol. The molecule has 6 atom stereocenters. The van der Waals surface area contributed by atoms with E-state index in [1.165, 1.54) is 167 Å². The standard InChI is InChI=1S/C47H93O12P/c1-3-5-7-9-11-13-15-17-18-19-20-21-22-23-25-27-29-31-33-35-37-56-38-40(39-57-60(54,55)59-47-45(52)43(50)42(49)44(51)46(47)53)58-41(48)36-34-32-30-28-26-24-16-14-12-10-8-6-4-2/h40,42-47,49-53H,3-39H2,1-2H3,(H,54,55). The Labute approximate surface area is 365 Å². The van der Waals surface area contributed by atoms with Crippen molar-refractivity contribution in [2.75, 3.05) is 19.8 Å². The highest BCUT2D eigenvalue weighted by atomic mass is 31.2. The molecule has 60 heavy (non-hydrogen) atoms. The highest BCUT2D eigenvalue weighted by Crippen LogP contribution is 2.47. The van der Waals surface area contributed by atoms with Crippen LogP contribution in [0.2, 0.25) is 0 Å². The van der Waals surface area contributed by atoms with E-state index in [2.05, 4.69) is 13.8 Å². The third kappa shape index (κ3) is 30.4. The number of hydrogen-bond donors (Lipinski definition) is 6. The molecule has 0 spiro atoms. The summed E-state index contributed by atoms with van der Waals surface area (Å²) < 4.78 is 34.2. The largest absolute Gasteiger partial charge is 0.472 e. The summed E-state index contributed by atoms with van der Waals surface area (Å²) in [5.74, 6) is -0.471. The maximum absolute atomic E-state index is 12.8. The van der Waals surface area contributed by atoms with Gasteiger partial charge >= 0.3 is 13.8 Å². The van der Waals surface area contributed by atoms with E-state index in [4.69, 9.17) is 18.5 Å². The lowest BCUT2D eigenvalue weighted by atomic mass is 9.85. The van der Waals surface area contributed by atoms with Gasteiger partial charge in [0.15, 0.2) is 0 Å². The molecule has 1 aliphatic rings. The van der Waals surface area contributed by atoms with Crippen molar-refractivity contribution in [3.8, 4) is 0 Å². The molecule has 0 aliphatic heterocycles. The molecule has 358 valence electrons. The first kappa shape index (κ1) is 57.4. The van der Waals surface area contributed by atoms with Crippen molar-refractivity contribution in [3.05, 3.63) is 0 Å². The van der Waals surface area contributed by atoms with Crippen LogP contribution >= 0.6 is 7.82 Å². The van der Waals surface area contributed by atoms with E-state index in [1.54, 1.807) is 0 Å². The number of ether oxygens (including phenoxy) is 2. The summed E-state index contributed by atoms with van der Waals surface area (Å²) >= 11 is 0. The van der Waals surface area contributed by atoms with Gasteiger partial charge in [0.25, 0.3) is 0 Å². The molecule has 1 fully saturated rings. The van der Waals surface area contributed by atoms with E-state index >= 15 is 0 Å². The Morgan fingerprint density at radius 3 is 1.15 bits per heavy atom. The summed E-state index contributed by atoms with van der Waals surface area (Å²) in [5, 5.41) is 50.2. The van der Waals surface area contributed by atoms with E-state index in [0.29, 0.717) is 13.0 Å². The van der Waals surface area contributed by atoms with E-state index < -0.39 is 63.1 Å². The first-order chi connectivity index (χ1) is 29.0. The van der Waals surface area contributed by atoms with Gasteiger partial charge in [-0.1, -0.05) is 213 Å². The molecule has 0 aromatic rings. The molecule has 0 aromatic heterocycles. The fraction of sp³-hybridized carbons (Fsp3) is 0.979. The highest BCUT2D eigenvalue weighted by Gasteiger charge is 2.51. The fourth-order valence-electron chi connectivity index (χ4n) is 8.01. The molecule has 13 heteroatoms. The number of esters is 1. The minimum Gasteiger partial charge on any atom is -0.457 e. The van der Waals surface area contributed by atoms with Crippen molar-refractivity contribution in [2.45, 2.75) is 275 Å². The topological polar surface area (TPSA) is 192 Å². The van der Waals surface area contributed by atoms with Crippen molar-refractivity contribution in [2.24, 2.45) is 0 Å². The van der Waals surface area contributed by atoms with Gasteiger partial charge in [0.05, 0.1) is 13.2 Å². The normalized spacial score (nSPS) is 22.2. The quantitative estimate of drug-likeness (QED) is 0.0193. The number of carbonyl (C=O) groups is 1. The van der Waals surface area contributed by atoms with Gasteiger partial charge in [0.2, 0.25) is 0 Å². The smallest absolute Gasteiger partial charge is 0.457 e. The average molecular weight is 881 g/mol. The molecule has 6 N–H and O–H groups in total. The number of hydrogen-bond acceptors (Lipinski definition) is 11. The first-order valence-electron chi connectivity index (χ1n) is 24.9. The zero-order valence-corrected chi connectivity index (χ0v) is 39.2. The molecule has 1 rings (SSSR count). The lowest BCUT2D eigenvalue weighted by Gasteiger charge is -2.41. The van der Waals surface area contributed by atoms with E-state index in [0.717, 1.165) is 38.5 Å². The Morgan fingerprint density at radius 1 is 0.467 bits per heavy atom. The van der Waals surface area contributed by atoms with E-state index in [9.17, 15) is 39.8 Å². The van der Waals surface area contributed by atoms with Crippen molar-refractivity contribution >= 4 is 13.8 Å². The number of aliphatic hydroxyl groups excluding tert-OH is 5. The number of phosphoric acid groups is 1. The van der Waals surface area contributed by atoms with Gasteiger partial charge in [0, 0.05) is 13.0 Å². The summed E-state index contributed by atoms with van der Waals surface area (Å²) in [5.41, 5.74) is 0. The number of carbonyl (C=O) groups excluding carboxylic acids is 1. The van der Waals surface area contributed by atoms with Gasteiger partial charge in [-0.15, -0.1) is 0 Å². The zero-order chi connectivity index (χ0) is 44.1. The van der Waals surface area contributed by atoms with Crippen LogP contribution in [0.15, 0.2) is 0 Å². The lowest BCUT2D eigenvalue weighted by molar-refractivity contribution is -0.220. The maximum Gasteiger partial charge on any atom is 0.472 e. The molecule has 12 nitrogen and oxygen atoms in total. The Balaban J connectivity index is 2.32. The molecular formula is C47H93O12P. The predicted molar refractivity (Wildman–Crippen MR) is 240 cm³/mol. The summed E-state index contributed by atoms with van der Waals surface area (Å²) in [7, 11) is -5.01. The molecular weight excluding hydrogens is 787 g/mol. The van der Waals surface area contributed by atoms with Crippen LogP contribution in [0.1, 0.15) is 232 Å². The Morgan fingerprint density at radius 2 is 0.783 bits per heavy atom. The Kier molecular flexibility index (Phi) is 37.1. The van der Waals surface area contributed by atoms with Crippen molar-refractivity contribution in [3.63, 3.8) is 0 Å². The second kappa shape index (κ2) is 38.8. The van der Waals surface area contributed by atoms with Gasteiger partial charge in [-0.05, 0) is 12.8 Å².